The van der Waals surface area contributed by atoms with Crippen LogP contribution >= 0.6 is 0 Å². The van der Waals surface area contributed by atoms with E-state index in [1.807, 2.05) is 45.0 Å². The van der Waals surface area contributed by atoms with E-state index in [9.17, 15) is 8.60 Å². The van der Waals surface area contributed by atoms with Gasteiger partial charge in [0.1, 0.15) is 5.75 Å². The summed E-state index contributed by atoms with van der Waals surface area (Å²) in [5.41, 5.74) is 0.835. The van der Waals surface area contributed by atoms with E-state index in [1.165, 1.54) is 6.07 Å². The van der Waals surface area contributed by atoms with E-state index in [0.29, 0.717) is 12.2 Å². The van der Waals surface area contributed by atoms with Crippen molar-refractivity contribution in [3.8, 4) is 11.5 Å². The van der Waals surface area contributed by atoms with E-state index in [2.05, 4.69) is 0 Å². The fourth-order valence-corrected chi connectivity index (χ4v) is 2.87. The Kier molecular flexibility index (Phi) is 5.55. The van der Waals surface area contributed by atoms with Gasteiger partial charge in [-0.3, -0.25) is 5.14 Å². The molecule has 0 spiro atoms. The predicted octanol–water partition coefficient (Wildman–Crippen LogP) is 4.51. The molecule has 0 heterocycles. The maximum absolute atomic E-state index is 14.3. The van der Waals surface area contributed by atoms with Gasteiger partial charge in [-0.05, 0) is 56.0 Å². The number of para-hydroxylation sites is 1. The Morgan fingerprint density at radius 1 is 1.22 bits per heavy atom. The largest absolute Gasteiger partial charge is 0.454 e. The molecule has 0 aliphatic rings. The van der Waals surface area contributed by atoms with Crippen molar-refractivity contribution in [3.05, 3.63) is 59.9 Å². The summed E-state index contributed by atoms with van der Waals surface area (Å²) in [5.74, 6) is 0.406. The van der Waals surface area contributed by atoms with Crippen molar-refractivity contribution in [3.63, 3.8) is 0 Å². The van der Waals surface area contributed by atoms with E-state index < -0.39 is 21.5 Å². The number of halogens is 1. The summed E-state index contributed by atoms with van der Waals surface area (Å²) >= 11 is 0. The maximum Gasteiger partial charge on any atom is 0.166 e. The molecular weight excluding hydrogens is 313 g/mol. The van der Waals surface area contributed by atoms with E-state index in [0.717, 1.165) is 5.56 Å². The monoisotopic (exact) mass is 335 g/mol. The highest BCUT2D eigenvalue weighted by Crippen LogP contribution is 2.32. The van der Waals surface area contributed by atoms with Crippen LogP contribution in [0.4, 0.5) is 4.39 Å². The van der Waals surface area contributed by atoms with Gasteiger partial charge in [0, 0.05) is 0 Å². The van der Waals surface area contributed by atoms with Crippen molar-refractivity contribution in [2.45, 2.75) is 37.9 Å². The fraction of sp³-hybridized carbons (Fsp3) is 0.333. The molecule has 124 valence electrons. The lowest BCUT2D eigenvalue weighted by atomic mass is 9.91. The average Bonchev–Trinajstić information content (AvgIpc) is 2.49. The zero-order valence-electron chi connectivity index (χ0n) is 13.6. The first-order chi connectivity index (χ1) is 10.8. The van der Waals surface area contributed by atoms with Crippen LogP contribution in [0.1, 0.15) is 38.7 Å². The second kappa shape index (κ2) is 7.23. The Morgan fingerprint density at radius 3 is 2.43 bits per heavy atom. The number of rotatable bonds is 6. The van der Waals surface area contributed by atoms with Crippen molar-refractivity contribution in [1.29, 1.82) is 0 Å². The highest BCUT2D eigenvalue weighted by atomic mass is 32.2. The van der Waals surface area contributed by atoms with Gasteiger partial charge in [0.25, 0.3) is 0 Å². The van der Waals surface area contributed by atoms with E-state index >= 15 is 0 Å². The Morgan fingerprint density at radius 2 is 1.87 bits per heavy atom. The topological polar surface area (TPSA) is 52.3 Å². The third-order valence-corrected chi connectivity index (χ3v) is 5.09. The van der Waals surface area contributed by atoms with Gasteiger partial charge >= 0.3 is 0 Å². The molecule has 1 unspecified atom stereocenters. The molecule has 0 bridgehead atoms. The van der Waals surface area contributed by atoms with Crippen molar-refractivity contribution >= 4 is 11.0 Å². The summed E-state index contributed by atoms with van der Waals surface area (Å²) in [6, 6.07) is 14.0. The summed E-state index contributed by atoms with van der Waals surface area (Å²) < 4.78 is 30.8. The first kappa shape index (κ1) is 17.6. The van der Waals surface area contributed by atoms with Gasteiger partial charge in [0.2, 0.25) is 0 Å². The zero-order valence-corrected chi connectivity index (χ0v) is 14.4. The van der Waals surface area contributed by atoms with Crippen LogP contribution in [0.5, 0.6) is 11.5 Å². The van der Waals surface area contributed by atoms with Gasteiger partial charge in [0.15, 0.2) is 11.6 Å². The molecule has 0 saturated carbocycles. The Bertz CT molecular complexity index is 689. The fourth-order valence-electron chi connectivity index (χ4n) is 2.46. The predicted molar refractivity (Wildman–Crippen MR) is 92.4 cm³/mol. The summed E-state index contributed by atoms with van der Waals surface area (Å²) in [5, 5.41) is 5.51. The van der Waals surface area contributed by atoms with Gasteiger partial charge in [-0.25, -0.2) is 8.60 Å². The number of hydrogen-bond donors (Lipinski definition) is 1. The van der Waals surface area contributed by atoms with Crippen LogP contribution in [0, 0.1) is 5.82 Å². The maximum atomic E-state index is 14.3. The van der Waals surface area contributed by atoms with Crippen LogP contribution in [0.3, 0.4) is 0 Å². The number of hydrogen-bond acceptors (Lipinski definition) is 2. The van der Waals surface area contributed by atoms with Crippen LogP contribution in [0.25, 0.3) is 0 Å². The molecule has 5 heteroatoms. The molecule has 0 radical (unpaired) electrons. The Balaban J connectivity index is 2.14. The lowest BCUT2D eigenvalue weighted by Gasteiger charge is -2.25. The number of nitrogens with two attached hydrogens (primary N) is 1. The highest BCUT2D eigenvalue weighted by molar-refractivity contribution is 7.84. The molecule has 2 rings (SSSR count). The Hall–Kier alpha value is -1.72. The molecule has 0 saturated heterocycles. The van der Waals surface area contributed by atoms with Crippen molar-refractivity contribution in [2.75, 3.05) is 0 Å². The average molecular weight is 335 g/mol. The molecule has 2 atom stereocenters. The van der Waals surface area contributed by atoms with Crippen LogP contribution in [0.15, 0.2) is 48.5 Å². The van der Waals surface area contributed by atoms with Gasteiger partial charge in [-0.1, -0.05) is 31.2 Å². The second-order valence-electron chi connectivity index (χ2n) is 6.27. The number of ether oxygens (including phenoxy) is 1. The van der Waals surface area contributed by atoms with E-state index in [4.69, 9.17) is 9.88 Å². The molecule has 0 aliphatic carbocycles. The standard InChI is InChI=1S/C18H22FNO2S/c1-13(12-18(2,3)23(20)21)14-9-10-17(16(19)11-14)22-15-7-5-4-6-8-15/h4-11,13H,12,20H2,1-3H3/t13-,23?/m0/s1. The molecule has 2 N–H and O–H groups in total. The first-order valence-corrected chi connectivity index (χ1v) is 8.69. The van der Waals surface area contributed by atoms with Gasteiger partial charge in [-0.15, -0.1) is 0 Å². The minimum atomic E-state index is -1.42. The minimum absolute atomic E-state index is 0.0396. The normalized spacial score (nSPS) is 14.3. The smallest absolute Gasteiger partial charge is 0.166 e. The van der Waals surface area contributed by atoms with Crippen molar-refractivity contribution in [2.24, 2.45) is 5.14 Å². The van der Waals surface area contributed by atoms with Crippen molar-refractivity contribution < 1.29 is 13.3 Å². The molecule has 0 aromatic heterocycles. The minimum Gasteiger partial charge on any atom is -0.454 e. The van der Waals surface area contributed by atoms with Gasteiger partial charge < -0.3 is 4.74 Å². The molecule has 23 heavy (non-hydrogen) atoms. The van der Waals surface area contributed by atoms with Crippen molar-refractivity contribution in [1.82, 2.24) is 0 Å². The zero-order chi connectivity index (χ0) is 17.0. The van der Waals surface area contributed by atoms with Gasteiger partial charge in [-0.2, -0.15) is 0 Å². The molecule has 2 aromatic carbocycles. The van der Waals surface area contributed by atoms with Crippen LogP contribution < -0.4 is 9.88 Å². The molecule has 0 aliphatic heterocycles. The molecule has 2 aromatic rings. The third kappa shape index (κ3) is 4.62. The van der Waals surface area contributed by atoms with Crippen LogP contribution in [-0.4, -0.2) is 8.96 Å². The Labute approximate surface area is 139 Å². The molecule has 3 nitrogen and oxygen atoms in total. The van der Waals surface area contributed by atoms with E-state index in [-0.39, 0.29) is 11.7 Å². The van der Waals surface area contributed by atoms with Gasteiger partial charge in [0.05, 0.1) is 15.7 Å². The summed E-state index contributed by atoms with van der Waals surface area (Å²) in [7, 11) is -1.42. The third-order valence-electron chi connectivity index (χ3n) is 3.84. The summed E-state index contributed by atoms with van der Waals surface area (Å²) in [6.45, 7) is 5.67. The molecule has 0 amide bonds. The molecule has 0 fully saturated rings. The van der Waals surface area contributed by atoms with Crippen LogP contribution in [0.2, 0.25) is 0 Å². The number of benzene rings is 2. The van der Waals surface area contributed by atoms with Crippen LogP contribution in [-0.2, 0) is 11.0 Å². The lowest BCUT2D eigenvalue weighted by Crippen LogP contribution is -2.33. The lowest BCUT2D eigenvalue weighted by molar-refractivity contribution is 0.440. The second-order valence-corrected chi connectivity index (χ2v) is 7.97. The highest BCUT2D eigenvalue weighted by Gasteiger charge is 2.27. The first-order valence-electron chi connectivity index (χ1n) is 7.48. The quantitative estimate of drug-likeness (QED) is 0.844. The van der Waals surface area contributed by atoms with E-state index in [1.54, 1.807) is 18.2 Å². The molecular formula is C18H22FNO2S. The summed E-state index contributed by atoms with van der Waals surface area (Å²) in [4.78, 5) is 0. The summed E-state index contributed by atoms with van der Waals surface area (Å²) in [6.07, 6.45) is 0.606. The SMILES string of the molecule is C[C@@H](CC(C)(C)S(N)=O)c1ccc(Oc2ccccc2)c(F)c1.